The zero-order valence-corrected chi connectivity index (χ0v) is 8.57. The van der Waals surface area contributed by atoms with E-state index >= 15 is 0 Å². The highest BCUT2D eigenvalue weighted by molar-refractivity contribution is 5.52. The fraction of sp³-hybridized carbons (Fsp3) is 0.222. The van der Waals surface area contributed by atoms with Crippen LogP contribution in [-0.2, 0) is 0 Å². The molecular weight excluding hydrogens is 178 g/mol. The van der Waals surface area contributed by atoms with Crippen LogP contribution in [0, 0.1) is 6.92 Å². The SMILES string of the molecule is C=CN(N)c1ncc(N)cc1C.CN. The molecule has 1 aromatic heterocycles. The van der Waals surface area contributed by atoms with Crippen LogP contribution in [0.1, 0.15) is 5.56 Å². The highest BCUT2D eigenvalue weighted by Gasteiger charge is 2.02. The summed E-state index contributed by atoms with van der Waals surface area (Å²) in [6.45, 7) is 5.42. The fourth-order valence-electron chi connectivity index (χ4n) is 0.946. The minimum absolute atomic E-state index is 0.633. The lowest BCUT2D eigenvalue weighted by Gasteiger charge is -2.14. The van der Waals surface area contributed by atoms with Crippen LogP contribution in [0.25, 0.3) is 0 Å². The molecule has 0 aliphatic rings. The molecular formula is C9H17N5. The van der Waals surface area contributed by atoms with Gasteiger partial charge in [0.2, 0.25) is 0 Å². The highest BCUT2D eigenvalue weighted by Crippen LogP contribution is 2.15. The summed E-state index contributed by atoms with van der Waals surface area (Å²) in [4.78, 5) is 4.05. The van der Waals surface area contributed by atoms with Crippen LogP contribution in [-0.4, -0.2) is 12.0 Å². The van der Waals surface area contributed by atoms with Gasteiger partial charge in [-0.2, -0.15) is 0 Å². The van der Waals surface area contributed by atoms with Crippen molar-refractivity contribution in [3.05, 3.63) is 30.6 Å². The Morgan fingerprint density at radius 3 is 2.50 bits per heavy atom. The molecule has 0 spiro atoms. The van der Waals surface area contributed by atoms with Gasteiger partial charge >= 0.3 is 0 Å². The second kappa shape index (κ2) is 5.95. The van der Waals surface area contributed by atoms with Crippen molar-refractivity contribution in [2.45, 2.75) is 6.92 Å². The van der Waals surface area contributed by atoms with Crippen LogP contribution in [0.3, 0.4) is 0 Å². The Hall–Kier alpha value is -1.59. The van der Waals surface area contributed by atoms with Gasteiger partial charge in [0.1, 0.15) is 5.82 Å². The second-order valence-corrected chi connectivity index (χ2v) is 2.50. The van der Waals surface area contributed by atoms with E-state index in [2.05, 4.69) is 17.3 Å². The summed E-state index contributed by atoms with van der Waals surface area (Å²) in [5.41, 5.74) is 11.6. The molecule has 0 aliphatic carbocycles. The number of aryl methyl sites for hydroxylation is 1. The average Bonchev–Trinajstić information content (AvgIpc) is 2.20. The summed E-state index contributed by atoms with van der Waals surface area (Å²) in [6, 6.07) is 1.81. The molecule has 0 bridgehead atoms. The number of anilines is 2. The predicted octanol–water partition coefficient (Wildman–Crippen LogP) is 0.371. The largest absolute Gasteiger partial charge is 0.397 e. The molecule has 0 atom stereocenters. The molecule has 0 radical (unpaired) electrons. The maximum atomic E-state index is 5.56. The van der Waals surface area contributed by atoms with E-state index in [-0.39, 0.29) is 0 Å². The van der Waals surface area contributed by atoms with Crippen molar-refractivity contribution in [2.75, 3.05) is 17.8 Å². The second-order valence-electron chi connectivity index (χ2n) is 2.50. The van der Waals surface area contributed by atoms with Crippen molar-refractivity contribution >= 4 is 11.5 Å². The molecule has 14 heavy (non-hydrogen) atoms. The number of nitrogen functional groups attached to an aromatic ring is 1. The summed E-state index contributed by atoms with van der Waals surface area (Å²) >= 11 is 0. The van der Waals surface area contributed by atoms with Gasteiger partial charge in [0.05, 0.1) is 11.9 Å². The Labute approximate surface area is 84.2 Å². The summed E-state index contributed by atoms with van der Waals surface area (Å²) < 4.78 is 0. The van der Waals surface area contributed by atoms with Crippen molar-refractivity contribution in [1.29, 1.82) is 0 Å². The lowest BCUT2D eigenvalue weighted by Crippen LogP contribution is -2.25. The van der Waals surface area contributed by atoms with Gasteiger partial charge in [-0.1, -0.05) is 6.58 Å². The zero-order chi connectivity index (χ0) is 11.1. The number of hydrogen-bond acceptors (Lipinski definition) is 5. The quantitative estimate of drug-likeness (QED) is 0.468. The van der Waals surface area contributed by atoms with Crippen LogP contribution in [0.15, 0.2) is 25.0 Å². The molecule has 0 aromatic carbocycles. The Morgan fingerprint density at radius 1 is 1.50 bits per heavy atom. The van der Waals surface area contributed by atoms with E-state index < -0.39 is 0 Å². The van der Waals surface area contributed by atoms with Crippen molar-refractivity contribution in [3.63, 3.8) is 0 Å². The number of pyridine rings is 1. The Morgan fingerprint density at radius 2 is 2.07 bits per heavy atom. The molecule has 1 heterocycles. The molecule has 0 saturated carbocycles. The first-order valence-corrected chi connectivity index (χ1v) is 4.11. The molecule has 5 heteroatoms. The van der Waals surface area contributed by atoms with Gasteiger partial charge in [0.15, 0.2) is 0 Å². The zero-order valence-electron chi connectivity index (χ0n) is 8.57. The van der Waals surface area contributed by atoms with Crippen molar-refractivity contribution in [2.24, 2.45) is 11.6 Å². The maximum Gasteiger partial charge on any atom is 0.149 e. The number of rotatable bonds is 2. The number of nitrogens with two attached hydrogens (primary N) is 3. The summed E-state index contributed by atoms with van der Waals surface area (Å²) in [7, 11) is 1.50. The van der Waals surface area contributed by atoms with Gasteiger partial charge in [0.25, 0.3) is 0 Å². The van der Waals surface area contributed by atoms with Crippen molar-refractivity contribution in [3.8, 4) is 0 Å². The third-order valence-corrected chi connectivity index (χ3v) is 1.51. The van der Waals surface area contributed by atoms with Crippen LogP contribution >= 0.6 is 0 Å². The highest BCUT2D eigenvalue weighted by atomic mass is 15.4. The summed E-state index contributed by atoms with van der Waals surface area (Å²) in [5.74, 6) is 6.22. The van der Waals surface area contributed by atoms with Crippen LogP contribution in [0.2, 0.25) is 0 Å². The topological polar surface area (TPSA) is 94.2 Å². The number of nitrogens with zero attached hydrogens (tertiary/aromatic N) is 2. The molecule has 6 N–H and O–H groups in total. The fourth-order valence-corrected chi connectivity index (χ4v) is 0.946. The summed E-state index contributed by atoms with van der Waals surface area (Å²) in [5, 5.41) is 1.36. The molecule has 0 fully saturated rings. The molecule has 78 valence electrons. The number of aromatic nitrogens is 1. The van der Waals surface area contributed by atoms with E-state index in [0.29, 0.717) is 11.5 Å². The first-order chi connectivity index (χ1) is 6.65. The number of hydrazine groups is 1. The molecule has 1 aromatic rings. The monoisotopic (exact) mass is 195 g/mol. The minimum Gasteiger partial charge on any atom is -0.397 e. The van der Waals surface area contributed by atoms with Gasteiger partial charge < -0.3 is 11.5 Å². The van der Waals surface area contributed by atoms with Crippen molar-refractivity contribution in [1.82, 2.24) is 4.98 Å². The van der Waals surface area contributed by atoms with E-state index in [0.717, 1.165) is 5.56 Å². The van der Waals surface area contributed by atoms with Gasteiger partial charge in [0, 0.05) is 6.20 Å². The molecule has 5 nitrogen and oxygen atoms in total. The van der Waals surface area contributed by atoms with Gasteiger partial charge in [-0.3, -0.25) is 5.01 Å². The Bertz CT molecular complexity index is 297. The van der Waals surface area contributed by atoms with Gasteiger partial charge in [-0.15, -0.1) is 0 Å². The van der Waals surface area contributed by atoms with Gasteiger partial charge in [-0.25, -0.2) is 10.8 Å². The molecule has 0 aliphatic heterocycles. The molecule has 1 rings (SSSR count). The van der Waals surface area contributed by atoms with Gasteiger partial charge in [-0.05, 0) is 25.6 Å². The van der Waals surface area contributed by atoms with E-state index in [1.807, 2.05) is 13.0 Å². The maximum absolute atomic E-state index is 5.56. The van der Waals surface area contributed by atoms with E-state index in [1.54, 1.807) is 6.20 Å². The van der Waals surface area contributed by atoms with E-state index in [9.17, 15) is 0 Å². The van der Waals surface area contributed by atoms with Crippen molar-refractivity contribution < 1.29 is 0 Å². The smallest absolute Gasteiger partial charge is 0.149 e. The van der Waals surface area contributed by atoms with Crippen LogP contribution in [0.5, 0.6) is 0 Å². The average molecular weight is 195 g/mol. The standard InChI is InChI=1S/C8H12N4.CH5N/c1-3-12(10)8-6(2)4-7(9)5-11-8;1-2/h3-5H,1,9-10H2,2H3;2H2,1H3. The summed E-state index contributed by atoms with van der Waals surface area (Å²) in [6.07, 6.45) is 3.05. The third-order valence-electron chi connectivity index (χ3n) is 1.51. The first-order valence-electron chi connectivity index (χ1n) is 4.11. The molecule has 0 saturated heterocycles. The third kappa shape index (κ3) is 3.04. The predicted molar refractivity (Wildman–Crippen MR) is 60.4 cm³/mol. The normalized spacial score (nSPS) is 8.57. The molecule has 0 amide bonds. The Balaban J connectivity index is 0.000000791. The lowest BCUT2D eigenvalue weighted by atomic mass is 10.2. The first kappa shape index (κ1) is 12.4. The number of hydrogen-bond donors (Lipinski definition) is 3. The van der Waals surface area contributed by atoms with E-state index in [1.165, 1.54) is 18.3 Å². The lowest BCUT2D eigenvalue weighted by molar-refractivity contribution is 1.02. The minimum atomic E-state index is 0.633. The Kier molecular flexibility index (Phi) is 5.28. The van der Waals surface area contributed by atoms with Crippen LogP contribution in [0.4, 0.5) is 11.5 Å². The molecule has 0 unspecified atom stereocenters. The van der Waals surface area contributed by atoms with Crippen LogP contribution < -0.4 is 22.3 Å². The van der Waals surface area contributed by atoms with E-state index in [4.69, 9.17) is 11.6 Å².